The van der Waals surface area contributed by atoms with Crippen LogP contribution in [0.1, 0.15) is 18.5 Å². The summed E-state index contributed by atoms with van der Waals surface area (Å²) in [5.41, 5.74) is 7.16. The third kappa shape index (κ3) is 2.82. The zero-order chi connectivity index (χ0) is 13.3. The lowest BCUT2D eigenvalue weighted by Crippen LogP contribution is -2.50. The number of aryl methyl sites for hydroxylation is 1. The van der Waals surface area contributed by atoms with E-state index in [-0.39, 0.29) is 5.82 Å². The summed E-state index contributed by atoms with van der Waals surface area (Å²) in [5, 5.41) is 0. The molecule has 1 saturated heterocycles. The molecule has 0 saturated carbocycles. The van der Waals surface area contributed by atoms with Crippen LogP contribution in [0.2, 0.25) is 0 Å². The Bertz CT molecular complexity index is 529. The summed E-state index contributed by atoms with van der Waals surface area (Å²) in [7, 11) is -4.58. The average Bonchev–Trinajstić information content (AvgIpc) is 2.75. The van der Waals surface area contributed by atoms with E-state index in [2.05, 4.69) is 9.18 Å². The van der Waals surface area contributed by atoms with Crippen LogP contribution in [0, 0.1) is 6.92 Å². The zero-order valence-corrected chi connectivity index (χ0v) is 10.9. The molecule has 0 atom stereocenters. The second-order valence-corrected chi connectivity index (χ2v) is 5.28. The van der Waals surface area contributed by atoms with Gasteiger partial charge in [-0.2, -0.15) is 12.7 Å². The lowest BCUT2D eigenvalue weighted by Gasteiger charge is -2.18. The minimum atomic E-state index is -4.58. The third-order valence-electron chi connectivity index (χ3n) is 2.85. The van der Waals surface area contributed by atoms with Crippen molar-refractivity contribution in [3.8, 4) is 0 Å². The van der Waals surface area contributed by atoms with Crippen molar-refractivity contribution in [3.05, 3.63) is 17.8 Å². The van der Waals surface area contributed by atoms with Gasteiger partial charge in [-0.3, -0.25) is 10.3 Å². The first-order valence-corrected chi connectivity index (χ1v) is 6.98. The van der Waals surface area contributed by atoms with Crippen LogP contribution in [-0.2, 0) is 10.4 Å². The molecular weight excluding hydrogens is 258 g/mol. The van der Waals surface area contributed by atoms with Crippen LogP contribution < -0.4 is 19.6 Å². The van der Waals surface area contributed by atoms with Gasteiger partial charge in [-0.05, 0) is 17.6 Å². The van der Waals surface area contributed by atoms with E-state index >= 15 is 0 Å². The minimum Gasteiger partial charge on any atom is -0.371 e. The van der Waals surface area contributed by atoms with Gasteiger partial charge in [0.25, 0.3) is 0 Å². The summed E-state index contributed by atoms with van der Waals surface area (Å²) in [6.45, 7) is 3.57. The summed E-state index contributed by atoms with van der Waals surface area (Å²) in [6, 6.07) is 3.40. The highest BCUT2D eigenvalue weighted by atomic mass is 32.3. The normalized spacial score (nSPS) is 16.0. The maximum Gasteiger partial charge on any atom is 0.482 e. The lowest BCUT2D eigenvalue weighted by atomic mass is 10.3. The molecule has 1 aliphatic rings. The fourth-order valence-corrected chi connectivity index (χ4v) is 2.47. The highest BCUT2D eigenvalue weighted by molar-refractivity contribution is 7.80. The predicted molar refractivity (Wildman–Crippen MR) is 65.4 cm³/mol. The van der Waals surface area contributed by atoms with Gasteiger partial charge in [0.15, 0.2) is 5.69 Å². The zero-order valence-electron chi connectivity index (χ0n) is 10.0. The topological polar surface area (TPSA) is 96.7 Å². The van der Waals surface area contributed by atoms with Gasteiger partial charge in [0.05, 0.1) is 6.07 Å². The number of nitrogen functional groups attached to an aromatic ring is 1. The third-order valence-corrected chi connectivity index (χ3v) is 3.18. The molecule has 0 radical (unpaired) electrons. The Morgan fingerprint density at radius 2 is 2.00 bits per heavy atom. The molecule has 2 heterocycles. The fraction of sp³-hybridized carbons (Fsp3) is 0.500. The van der Waals surface area contributed by atoms with Crippen molar-refractivity contribution >= 4 is 21.9 Å². The first-order valence-electron chi connectivity index (χ1n) is 5.61. The smallest absolute Gasteiger partial charge is 0.371 e. The summed E-state index contributed by atoms with van der Waals surface area (Å²) in [6.07, 6.45) is 2.27. The highest BCUT2D eigenvalue weighted by Gasteiger charge is 2.21. The summed E-state index contributed by atoms with van der Waals surface area (Å²) in [5.74, 6) is 0.120. The maximum absolute atomic E-state index is 10.7. The van der Waals surface area contributed by atoms with Crippen molar-refractivity contribution in [2.75, 3.05) is 23.7 Å². The van der Waals surface area contributed by atoms with Crippen molar-refractivity contribution in [1.29, 1.82) is 0 Å². The van der Waals surface area contributed by atoms with Crippen molar-refractivity contribution in [2.45, 2.75) is 19.8 Å². The first kappa shape index (κ1) is 12.9. The number of hydrogen-bond donors (Lipinski definition) is 2. The van der Waals surface area contributed by atoms with E-state index in [0.29, 0.717) is 5.69 Å². The number of rotatable bonds is 3. The summed E-state index contributed by atoms with van der Waals surface area (Å²) >= 11 is 0. The highest BCUT2D eigenvalue weighted by Crippen LogP contribution is 2.21. The molecule has 1 aromatic rings. The summed E-state index contributed by atoms with van der Waals surface area (Å²) < 4.78 is 35.3. The quantitative estimate of drug-likeness (QED) is 0.580. The number of hydrogen-bond acceptors (Lipinski definition) is 5. The molecule has 0 amide bonds. The van der Waals surface area contributed by atoms with E-state index in [1.54, 1.807) is 19.1 Å². The molecule has 3 N–H and O–H groups in total. The SMILES string of the molecule is Cc1cc(N2CCCC2)cc(N)[n+]1OS(=O)(=O)O. The molecule has 0 aliphatic carbocycles. The molecule has 1 aromatic heterocycles. The van der Waals surface area contributed by atoms with E-state index in [4.69, 9.17) is 10.3 Å². The van der Waals surface area contributed by atoms with Gasteiger partial charge in [0.1, 0.15) is 0 Å². The molecule has 18 heavy (non-hydrogen) atoms. The fourth-order valence-electron chi connectivity index (χ4n) is 2.08. The molecule has 2 rings (SSSR count). The Balaban J connectivity index is 2.34. The molecule has 0 aromatic carbocycles. The molecule has 100 valence electrons. The molecular formula is C10H16N3O4S+. The van der Waals surface area contributed by atoms with Gasteiger partial charge in [0.2, 0.25) is 0 Å². The van der Waals surface area contributed by atoms with E-state index in [1.165, 1.54) is 0 Å². The lowest BCUT2D eigenvalue weighted by molar-refractivity contribution is -0.849. The Morgan fingerprint density at radius 1 is 1.39 bits per heavy atom. The van der Waals surface area contributed by atoms with Crippen LogP contribution >= 0.6 is 0 Å². The van der Waals surface area contributed by atoms with Gasteiger partial charge < -0.3 is 4.90 Å². The van der Waals surface area contributed by atoms with E-state index in [0.717, 1.165) is 36.3 Å². The van der Waals surface area contributed by atoms with Gasteiger partial charge >= 0.3 is 16.2 Å². The second-order valence-electron chi connectivity index (χ2n) is 4.27. The van der Waals surface area contributed by atoms with Crippen LogP contribution in [-0.4, -0.2) is 26.1 Å². The van der Waals surface area contributed by atoms with Gasteiger partial charge in [-0.1, -0.05) is 0 Å². The maximum atomic E-state index is 10.7. The van der Waals surface area contributed by atoms with Gasteiger partial charge in [-0.25, -0.2) is 0 Å². The molecule has 0 unspecified atom stereocenters. The number of anilines is 2. The Labute approximate surface area is 106 Å². The standard InChI is InChI=1S/C10H15N3O4S/c1-8-6-9(12-4-2-3-5-12)7-10(11)13(8)17-18(14,15)16/h6-7,11H,2-5H2,1H3,(H,14,15,16)/p+1. The van der Waals surface area contributed by atoms with E-state index in [1.807, 2.05) is 0 Å². The molecule has 7 nitrogen and oxygen atoms in total. The molecule has 0 bridgehead atoms. The number of aromatic nitrogens is 1. The Kier molecular flexibility index (Phi) is 3.31. The Hall–Kier alpha value is -1.54. The van der Waals surface area contributed by atoms with E-state index < -0.39 is 10.4 Å². The van der Waals surface area contributed by atoms with Gasteiger partial charge in [-0.15, -0.1) is 0 Å². The molecule has 1 aliphatic heterocycles. The summed E-state index contributed by atoms with van der Waals surface area (Å²) in [4.78, 5) is 2.17. The first-order chi connectivity index (χ1) is 8.37. The minimum absolute atomic E-state index is 0.120. The number of pyridine rings is 1. The molecule has 1 fully saturated rings. The van der Waals surface area contributed by atoms with Crippen molar-refractivity contribution in [2.24, 2.45) is 0 Å². The van der Waals surface area contributed by atoms with Crippen LogP contribution in [0.3, 0.4) is 0 Å². The average molecular weight is 274 g/mol. The number of nitrogens with zero attached hydrogens (tertiary/aromatic N) is 2. The molecule has 0 spiro atoms. The van der Waals surface area contributed by atoms with Crippen molar-refractivity contribution < 1.29 is 22.0 Å². The predicted octanol–water partition coefficient (Wildman–Crippen LogP) is -0.304. The van der Waals surface area contributed by atoms with Crippen molar-refractivity contribution in [3.63, 3.8) is 0 Å². The van der Waals surface area contributed by atoms with Crippen molar-refractivity contribution in [1.82, 2.24) is 0 Å². The van der Waals surface area contributed by atoms with E-state index in [9.17, 15) is 8.42 Å². The number of nitrogens with two attached hydrogens (primary N) is 1. The monoisotopic (exact) mass is 274 g/mol. The second kappa shape index (κ2) is 4.62. The van der Waals surface area contributed by atoms with Crippen LogP contribution in [0.4, 0.5) is 11.5 Å². The van der Waals surface area contributed by atoms with Gasteiger partial charge in [0, 0.05) is 31.8 Å². The Morgan fingerprint density at radius 3 is 2.50 bits per heavy atom. The van der Waals surface area contributed by atoms with Crippen LogP contribution in [0.5, 0.6) is 0 Å². The molecule has 8 heteroatoms. The largest absolute Gasteiger partial charge is 0.482 e. The van der Waals surface area contributed by atoms with Crippen LogP contribution in [0.15, 0.2) is 12.1 Å². The van der Waals surface area contributed by atoms with Crippen LogP contribution in [0.25, 0.3) is 0 Å².